The molecule has 5 nitrogen and oxygen atoms in total. The van der Waals surface area contributed by atoms with E-state index in [4.69, 9.17) is 9.47 Å². The molecule has 0 aliphatic carbocycles. The minimum Gasteiger partial charge on any atom is -0.492 e. The number of ether oxygens (including phenoxy) is 2. The average Bonchev–Trinajstić information content (AvgIpc) is 2.49. The number of amides is 1. The predicted octanol–water partition coefficient (Wildman–Crippen LogP) is 4.43. The van der Waals surface area contributed by atoms with Crippen LogP contribution in [0, 0.1) is 12.3 Å². The fraction of sp³-hybridized carbons (Fsp3) is 0.579. The molecule has 1 N–H and O–H groups in total. The van der Waals surface area contributed by atoms with E-state index in [2.05, 4.69) is 5.32 Å². The van der Waals surface area contributed by atoms with Gasteiger partial charge in [-0.15, -0.1) is 0 Å². The van der Waals surface area contributed by atoms with E-state index < -0.39 is 11.7 Å². The van der Waals surface area contributed by atoms with Gasteiger partial charge in [-0.1, -0.05) is 31.7 Å². The Bertz CT molecular complexity index is 620. The Morgan fingerprint density at radius 2 is 1.80 bits per heavy atom. The van der Waals surface area contributed by atoms with Gasteiger partial charge in [0.25, 0.3) is 0 Å². The Morgan fingerprint density at radius 3 is 2.36 bits per heavy atom. The van der Waals surface area contributed by atoms with Crippen molar-refractivity contribution in [3.05, 3.63) is 29.3 Å². The van der Waals surface area contributed by atoms with E-state index in [0.29, 0.717) is 24.5 Å². The Balaban J connectivity index is 2.68. The molecule has 6 heteroatoms. The van der Waals surface area contributed by atoms with Crippen molar-refractivity contribution in [3.63, 3.8) is 0 Å². The molecule has 1 rings (SSSR count). The fourth-order valence-electron chi connectivity index (χ4n) is 1.98. The molecule has 1 aromatic rings. The van der Waals surface area contributed by atoms with Crippen LogP contribution in [-0.2, 0) is 4.74 Å². The lowest BCUT2D eigenvalue weighted by Gasteiger charge is -2.27. The van der Waals surface area contributed by atoms with Crippen molar-refractivity contribution in [2.24, 2.45) is 5.41 Å². The Morgan fingerprint density at radius 1 is 1.16 bits per heavy atom. The van der Waals surface area contributed by atoms with Crippen LogP contribution >= 0.6 is 11.8 Å². The number of hydrogen-bond donors (Lipinski definition) is 1. The Kier molecular flexibility index (Phi) is 7.35. The minimum atomic E-state index is -0.528. The molecule has 0 radical (unpaired) electrons. The van der Waals surface area contributed by atoms with Crippen molar-refractivity contribution in [1.29, 1.82) is 0 Å². The van der Waals surface area contributed by atoms with Crippen LogP contribution in [0.15, 0.2) is 18.2 Å². The summed E-state index contributed by atoms with van der Waals surface area (Å²) in [7, 11) is 0. The maximum Gasteiger partial charge on any atom is 0.407 e. The number of alkyl carbamates (subject to hydrolysis) is 1. The number of thioether (sulfide) groups is 1. The lowest BCUT2D eigenvalue weighted by molar-refractivity contribution is 0.0492. The molecular weight excluding hydrogens is 338 g/mol. The van der Waals surface area contributed by atoms with Crippen LogP contribution in [0.1, 0.15) is 50.5 Å². The molecular formula is C19H29NO4S. The molecule has 1 amide bonds. The highest BCUT2D eigenvalue weighted by atomic mass is 32.2. The van der Waals surface area contributed by atoms with Gasteiger partial charge in [0.1, 0.15) is 11.4 Å². The first-order valence-electron chi connectivity index (χ1n) is 8.22. The molecule has 0 saturated heterocycles. The summed E-state index contributed by atoms with van der Waals surface area (Å²) >= 11 is 1.16. The van der Waals surface area contributed by atoms with E-state index >= 15 is 0 Å². The zero-order chi connectivity index (χ0) is 19.3. The van der Waals surface area contributed by atoms with Crippen molar-refractivity contribution < 1.29 is 19.1 Å². The highest BCUT2D eigenvalue weighted by Crippen LogP contribution is 2.26. The molecule has 0 fully saturated rings. The van der Waals surface area contributed by atoms with E-state index in [-0.39, 0.29) is 10.5 Å². The summed E-state index contributed by atoms with van der Waals surface area (Å²) in [5.74, 6) is 0.574. The van der Waals surface area contributed by atoms with Crippen LogP contribution in [-0.4, -0.2) is 36.2 Å². The van der Waals surface area contributed by atoms with Crippen LogP contribution in [0.2, 0.25) is 0 Å². The molecule has 0 bridgehead atoms. The molecule has 0 unspecified atom stereocenters. The molecule has 1 aromatic carbocycles. The van der Waals surface area contributed by atoms with E-state index in [1.165, 1.54) is 0 Å². The van der Waals surface area contributed by atoms with Gasteiger partial charge in [-0.05, 0) is 51.6 Å². The van der Waals surface area contributed by atoms with Gasteiger partial charge in [0, 0.05) is 12.0 Å². The standard InChI is InChI=1S/C19H29NO4S/c1-13-8-9-14(16(21)25-7)15(10-13)23-12-19(5,6)11-20-17(22)24-18(2,3)4/h8-10H,11-12H2,1-7H3,(H,20,22). The summed E-state index contributed by atoms with van der Waals surface area (Å²) in [4.78, 5) is 23.8. The summed E-state index contributed by atoms with van der Waals surface area (Å²) in [6.45, 7) is 12.1. The number of benzene rings is 1. The molecule has 25 heavy (non-hydrogen) atoms. The molecule has 0 aliphatic heterocycles. The second-order valence-electron chi connectivity index (χ2n) is 7.80. The second kappa shape index (κ2) is 8.61. The van der Waals surface area contributed by atoms with Crippen LogP contribution in [0.3, 0.4) is 0 Å². The summed E-state index contributed by atoms with van der Waals surface area (Å²) in [5, 5.41) is 2.74. The van der Waals surface area contributed by atoms with Crippen molar-refractivity contribution in [2.45, 2.75) is 47.1 Å². The SMILES string of the molecule is CSC(=O)c1ccc(C)cc1OCC(C)(C)CNC(=O)OC(C)(C)C. The smallest absolute Gasteiger partial charge is 0.407 e. The topological polar surface area (TPSA) is 64.6 Å². The third-order valence-electron chi connectivity index (χ3n) is 3.27. The summed E-state index contributed by atoms with van der Waals surface area (Å²) in [6.07, 6.45) is 1.30. The minimum absolute atomic E-state index is 0.0281. The lowest BCUT2D eigenvalue weighted by atomic mass is 9.95. The van der Waals surface area contributed by atoms with Gasteiger partial charge >= 0.3 is 6.09 Å². The quantitative estimate of drug-likeness (QED) is 0.806. The number of rotatable bonds is 6. The fourth-order valence-corrected chi connectivity index (χ4v) is 2.37. The first-order valence-corrected chi connectivity index (χ1v) is 9.45. The molecule has 0 aliphatic rings. The number of nitrogens with one attached hydrogen (secondary N) is 1. The molecule has 0 saturated carbocycles. The van der Waals surface area contributed by atoms with E-state index in [0.717, 1.165) is 17.3 Å². The van der Waals surface area contributed by atoms with Gasteiger partial charge in [-0.25, -0.2) is 4.79 Å². The van der Waals surface area contributed by atoms with E-state index in [1.54, 1.807) is 12.3 Å². The molecule has 0 atom stereocenters. The maximum atomic E-state index is 12.0. The van der Waals surface area contributed by atoms with Crippen molar-refractivity contribution in [2.75, 3.05) is 19.4 Å². The number of carbonyl (C=O) groups is 2. The van der Waals surface area contributed by atoms with Crippen LogP contribution in [0.5, 0.6) is 5.75 Å². The lowest BCUT2D eigenvalue weighted by Crippen LogP contribution is -2.40. The predicted molar refractivity (Wildman–Crippen MR) is 103 cm³/mol. The zero-order valence-electron chi connectivity index (χ0n) is 16.2. The van der Waals surface area contributed by atoms with Gasteiger partial charge in [0.15, 0.2) is 0 Å². The Labute approximate surface area is 154 Å². The van der Waals surface area contributed by atoms with Crippen LogP contribution in [0.25, 0.3) is 0 Å². The number of carbonyl (C=O) groups excluding carboxylic acids is 2. The van der Waals surface area contributed by atoms with Gasteiger partial charge in [0.05, 0.1) is 12.2 Å². The first-order chi connectivity index (χ1) is 11.4. The Hall–Kier alpha value is -1.69. The van der Waals surface area contributed by atoms with Crippen LogP contribution in [0.4, 0.5) is 4.79 Å². The molecule has 140 valence electrons. The van der Waals surface area contributed by atoms with Crippen LogP contribution < -0.4 is 10.1 Å². The van der Waals surface area contributed by atoms with Crippen molar-refractivity contribution in [3.8, 4) is 5.75 Å². The molecule has 0 heterocycles. The highest BCUT2D eigenvalue weighted by Gasteiger charge is 2.23. The monoisotopic (exact) mass is 367 g/mol. The van der Waals surface area contributed by atoms with Gasteiger partial charge < -0.3 is 14.8 Å². The third-order valence-corrected chi connectivity index (χ3v) is 3.86. The summed E-state index contributed by atoms with van der Waals surface area (Å²) in [5.41, 5.74) is 0.742. The van der Waals surface area contributed by atoms with E-state index in [9.17, 15) is 9.59 Å². The second-order valence-corrected chi connectivity index (χ2v) is 8.58. The summed E-state index contributed by atoms with van der Waals surface area (Å²) in [6, 6.07) is 5.54. The number of aryl methyl sites for hydroxylation is 1. The van der Waals surface area contributed by atoms with E-state index in [1.807, 2.05) is 53.7 Å². The first kappa shape index (κ1) is 21.4. The average molecular weight is 368 g/mol. The largest absolute Gasteiger partial charge is 0.492 e. The van der Waals surface area contributed by atoms with Crippen molar-refractivity contribution >= 4 is 23.0 Å². The van der Waals surface area contributed by atoms with Gasteiger partial charge in [-0.3, -0.25) is 4.79 Å². The maximum absolute atomic E-state index is 12.0. The normalized spacial score (nSPS) is 11.8. The zero-order valence-corrected chi connectivity index (χ0v) is 17.0. The molecule has 0 aromatic heterocycles. The summed E-state index contributed by atoms with van der Waals surface area (Å²) < 4.78 is 11.2. The van der Waals surface area contributed by atoms with Gasteiger partial charge in [-0.2, -0.15) is 0 Å². The number of hydrogen-bond acceptors (Lipinski definition) is 5. The highest BCUT2D eigenvalue weighted by molar-refractivity contribution is 8.13. The molecule has 0 spiro atoms. The van der Waals surface area contributed by atoms with Crippen molar-refractivity contribution in [1.82, 2.24) is 5.32 Å². The third kappa shape index (κ3) is 7.82. The van der Waals surface area contributed by atoms with Gasteiger partial charge in [0.2, 0.25) is 5.12 Å².